The molecule has 0 aromatic carbocycles. The average molecular weight is 257 g/mol. The van der Waals surface area contributed by atoms with Crippen LogP contribution in [0.1, 0.15) is 28.7 Å². The maximum atomic E-state index is 11.7. The van der Waals surface area contributed by atoms with Crippen LogP contribution in [0.2, 0.25) is 0 Å². The molecule has 1 aromatic heterocycles. The Morgan fingerprint density at radius 2 is 2.06 bits per heavy atom. The topological polar surface area (TPSA) is 25.2 Å². The summed E-state index contributed by atoms with van der Waals surface area (Å²) in [5, 5.41) is 0. The minimum Gasteiger partial charge on any atom is -0.347 e. The standard InChI is InChI=1S/C13H21ClN2O/c1-9-6-12(13(17)7-14)11(3)16(9)8-10(2)15(4)5/h6,10H,7-8H2,1-5H3. The molecule has 0 amide bonds. The van der Waals surface area contributed by atoms with Crippen molar-refractivity contribution in [3.05, 3.63) is 23.0 Å². The Bertz CT molecular complexity index is 410. The molecule has 0 saturated heterocycles. The fourth-order valence-electron chi connectivity index (χ4n) is 1.86. The number of carbonyl (C=O) groups is 1. The number of hydrogen-bond acceptors (Lipinski definition) is 2. The number of aromatic nitrogens is 1. The number of aryl methyl sites for hydroxylation is 1. The normalized spacial score (nSPS) is 13.1. The maximum absolute atomic E-state index is 11.7. The Labute approximate surface area is 108 Å². The first kappa shape index (κ1) is 14.3. The van der Waals surface area contributed by atoms with Crippen LogP contribution in [-0.2, 0) is 6.54 Å². The number of alkyl halides is 1. The van der Waals surface area contributed by atoms with Crippen LogP contribution in [0.25, 0.3) is 0 Å². The molecule has 0 aliphatic rings. The van der Waals surface area contributed by atoms with Crippen molar-refractivity contribution in [2.45, 2.75) is 33.4 Å². The van der Waals surface area contributed by atoms with Gasteiger partial charge in [0.2, 0.25) is 0 Å². The molecule has 0 fully saturated rings. The smallest absolute Gasteiger partial charge is 0.179 e. The number of halogens is 1. The van der Waals surface area contributed by atoms with Crippen LogP contribution < -0.4 is 0 Å². The van der Waals surface area contributed by atoms with Crippen molar-refractivity contribution in [2.75, 3.05) is 20.0 Å². The van der Waals surface area contributed by atoms with E-state index in [1.54, 1.807) is 0 Å². The monoisotopic (exact) mass is 256 g/mol. The second-order valence-electron chi connectivity index (χ2n) is 4.76. The summed E-state index contributed by atoms with van der Waals surface area (Å²) in [7, 11) is 4.12. The third kappa shape index (κ3) is 3.11. The summed E-state index contributed by atoms with van der Waals surface area (Å²) in [5.74, 6) is 0.0524. The minimum absolute atomic E-state index is 0.00326. The fraction of sp³-hybridized carbons (Fsp3) is 0.615. The van der Waals surface area contributed by atoms with Crippen molar-refractivity contribution in [1.29, 1.82) is 0 Å². The Kier molecular flexibility index (Phi) is 4.78. The van der Waals surface area contributed by atoms with Gasteiger partial charge in [-0.1, -0.05) is 0 Å². The number of nitrogens with zero attached hydrogens (tertiary/aromatic N) is 2. The summed E-state index contributed by atoms with van der Waals surface area (Å²) < 4.78 is 2.18. The molecule has 1 aromatic rings. The predicted octanol–water partition coefficient (Wildman–Crippen LogP) is 2.48. The predicted molar refractivity (Wildman–Crippen MR) is 72.1 cm³/mol. The van der Waals surface area contributed by atoms with Gasteiger partial charge in [0.1, 0.15) is 0 Å². The molecule has 1 rings (SSSR count). The van der Waals surface area contributed by atoms with E-state index >= 15 is 0 Å². The van der Waals surface area contributed by atoms with E-state index in [1.807, 2.05) is 19.9 Å². The molecule has 4 heteroatoms. The van der Waals surface area contributed by atoms with Crippen molar-refractivity contribution in [3.8, 4) is 0 Å². The molecule has 0 aliphatic heterocycles. The van der Waals surface area contributed by atoms with Gasteiger partial charge in [0, 0.05) is 29.5 Å². The van der Waals surface area contributed by atoms with Crippen molar-refractivity contribution in [2.24, 2.45) is 0 Å². The highest BCUT2D eigenvalue weighted by Crippen LogP contribution is 2.17. The summed E-state index contributed by atoms with van der Waals surface area (Å²) in [5.41, 5.74) is 2.88. The fourth-order valence-corrected chi connectivity index (χ4v) is 2.01. The van der Waals surface area contributed by atoms with Crippen molar-refractivity contribution in [3.63, 3.8) is 0 Å². The number of hydrogen-bond donors (Lipinski definition) is 0. The Hall–Kier alpha value is -0.800. The van der Waals surface area contributed by atoms with E-state index in [4.69, 9.17) is 11.6 Å². The summed E-state index contributed by atoms with van der Waals surface area (Å²) >= 11 is 5.61. The van der Waals surface area contributed by atoms with E-state index in [0.717, 1.165) is 23.5 Å². The summed E-state index contributed by atoms with van der Waals surface area (Å²) in [6.45, 7) is 7.07. The van der Waals surface area contributed by atoms with Gasteiger partial charge in [0.15, 0.2) is 5.78 Å². The Morgan fingerprint density at radius 1 is 1.47 bits per heavy atom. The Morgan fingerprint density at radius 3 is 2.53 bits per heavy atom. The SMILES string of the molecule is Cc1cc(C(=O)CCl)c(C)n1CC(C)N(C)C. The molecule has 0 radical (unpaired) electrons. The van der Waals surface area contributed by atoms with Crippen LogP contribution in [0.4, 0.5) is 0 Å². The second kappa shape index (κ2) is 5.69. The molecule has 0 spiro atoms. The highest BCUT2D eigenvalue weighted by atomic mass is 35.5. The maximum Gasteiger partial charge on any atom is 0.179 e. The van der Waals surface area contributed by atoms with Gasteiger partial charge in [0.25, 0.3) is 0 Å². The molecule has 0 saturated carbocycles. The largest absolute Gasteiger partial charge is 0.347 e. The average Bonchev–Trinajstić information content (AvgIpc) is 2.55. The van der Waals surface area contributed by atoms with Crippen LogP contribution in [0.3, 0.4) is 0 Å². The molecule has 0 aliphatic carbocycles. The van der Waals surface area contributed by atoms with E-state index in [2.05, 4.69) is 30.5 Å². The molecular weight excluding hydrogens is 236 g/mol. The van der Waals surface area contributed by atoms with Gasteiger partial charge in [-0.25, -0.2) is 0 Å². The van der Waals surface area contributed by atoms with E-state index in [1.165, 1.54) is 0 Å². The number of ketones is 1. The molecule has 1 unspecified atom stereocenters. The summed E-state index contributed by atoms with van der Waals surface area (Å²) in [6, 6.07) is 2.36. The van der Waals surface area contributed by atoms with Crippen LogP contribution in [0.5, 0.6) is 0 Å². The molecular formula is C13H21ClN2O. The molecule has 3 nitrogen and oxygen atoms in total. The van der Waals surface area contributed by atoms with Crippen LogP contribution in [0, 0.1) is 13.8 Å². The minimum atomic E-state index is 0.00326. The van der Waals surface area contributed by atoms with Crippen molar-refractivity contribution < 1.29 is 4.79 Å². The van der Waals surface area contributed by atoms with Crippen molar-refractivity contribution >= 4 is 17.4 Å². The van der Waals surface area contributed by atoms with Gasteiger partial charge in [-0.2, -0.15) is 0 Å². The highest BCUT2D eigenvalue weighted by Gasteiger charge is 2.16. The first-order chi connectivity index (χ1) is 7.88. The first-order valence-corrected chi connectivity index (χ1v) is 6.34. The van der Waals surface area contributed by atoms with E-state index < -0.39 is 0 Å². The third-order valence-electron chi connectivity index (χ3n) is 3.32. The summed E-state index contributed by atoms with van der Waals surface area (Å²) in [4.78, 5) is 13.8. The lowest BCUT2D eigenvalue weighted by Crippen LogP contribution is -2.30. The molecule has 0 bridgehead atoms. The van der Waals surface area contributed by atoms with E-state index in [0.29, 0.717) is 6.04 Å². The zero-order valence-corrected chi connectivity index (χ0v) is 12.0. The number of rotatable bonds is 5. The van der Waals surface area contributed by atoms with Gasteiger partial charge in [-0.3, -0.25) is 4.79 Å². The number of Topliss-reactive ketones (excluding diaryl/α,β-unsaturated/α-hetero) is 1. The number of carbonyl (C=O) groups excluding carboxylic acids is 1. The molecule has 0 N–H and O–H groups in total. The van der Waals surface area contributed by atoms with E-state index in [9.17, 15) is 4.79 Å². The van der Waals surface area contributed by atoms with Gasteiger partial charge < -0.3 is 9.47 Å². The molecule has 96 valence electrons. The van der Waals surface area contributed by atoms with E-state index in [-0.39, 0.29) is 11.7 Å². The van der Waals surface area contributed by atoms with Gasteiger partial charge in [-0.05, 0) is 40.9 Å². The van der Waals surface area contributed by atoms with Crippen LogP contribution >= 0.6 is 11.6 Å². The second-order valence-corrected chi connectivity index (χ2v) is 5.03. The Balaban J connectivity index is 3.01. The van der Waals surface area contributed by atoms with Gasteiger partial charge in [0.05, 0.1) is 5.88 Å². The summed E-state index contributed by atoms with van der Waals surface area (Å²) in [6.07, 6.45) is 0. The van der Waals surface area contributed by atoms with Crippen LogP contribution in [-0.4, -0.2) is 41.3 Å². The molecule has 17 heavy (non-hydrogen) atoms. The van der Waals surface area contributed by atoms with Crippen LogP contribution in [0.15, 0.2) is 6.07 Å². The lowest BCUT2D eigenvalue weighted by molar-refractivity contribution is 0.102. The third-order valence-corrected chi connectivity index (χ3v) is 3.57. The zero-order valence-electron chi connectivity index (χ0n) is 11.2. The number of likely N-dealkylation sites (N-methyl/N-ethyl adjacent to an activating group) is 1. The van der Waals surface area contributed by atoms with Gasteiger partial charge >= 0.3 is 0 Å². The van der Waals surface area contributed by atoms with Crippen molar-refractivity contribution in [1.82, 2.24) is 9.47 Å². The first-order valence-electron chi connectivity index (χ1n) is 5.80. The zero-order chi connectivity index (χ0) is 13.2. The quantitative estimate of drug-likeness (QED) is 0.597. The lowest BCUT2D eigenvalue weighted by Gasteiger charge is -2.22. The molecule has 1 atom stereocenters. The highest BCUT2D eigenvalue weighted by molar-refractivity contribution is 6.30. The lowest BCUT2D eigenvalue weighted by atomic mass is 10.2. The van der Waals surface area contributed by atoms with Gasteiger partial charge in [-0.15, -0.1) is 11.6 Å². The molecule has 1 heterocycles.